The number of benzene rings is 2. The summed E-state index contributed by atoms with van der Waals surface area (Å²) in [6.07, 6.45) is 4.18. The number of allylic oxidation sites excluding steroid dienone is 2. The average molecular weight is 312 g/mol. The summed E-state index contributed by atoms with van der Waals surface area (Å²) in [5.74, 6) is 1.39. The Labute approximate surface area is 138 Å². The van der Waals surface area contributed by atoms with Gasteiger partial charge in [0.15, 0.2) is 11.5 Å². The lowest BCUT2D eigenvalue weighted by atomic mass is 9.98. The monoisotopic (exact) mass is 312 g/mol. The van der Waals surface area contributed by atoms with Crippen LogP contribution in [0.4, 0.5) is 0 Å². The van der Waals surface area contributed by atoms with Gasteiger partial charge in [-0.25, -0.2) is 0 Å². The zero-order valence-electron chi connectivity index (χ0n) is 14.0. The minimum atomic E-state index is -0.555. The van der Waals surface area contributed by atoms with Crippen LogP contribution in [0.5, 0.6) is 11.5 Å². The molecule has 0 amide bonds. The van der Waals surface area contributed by atoms with E-state index in [0.717, 1.165) is 16.7 Å². The van der Waals surface area contributed by atoms with Crippen molar-refractivity contribution in [3.8, 4) is 11.5 Å². The number of hydrogen-bond acceptors (Lipinski definition) is 3. The summed E-state index contributed by atoms with van der Waals surface area (Å²) in [7, 11) is 1.63. The van der Waals surface area contributed by atoms with Gasteiger partial charge in [-0.15, -0.1) is 0 Å². The van der Waals surface area contributed by atoms with E-state index in [1.54, 1.807) is 14.0 Å². The predicted octanol–water partition coefficient (Wildman–Crippen LogP) is 4.45. The van der Waals surface area contributed by atoms with Crippen molar-refractivity contribution in [2.24, 2.45) is 0 Å². The summed E-state index contributed by atoms with van der Waals surface area (Å²) in [4.78, 5) is 0. The molecule has 3 heteroatoms. The van der Waals surface area contributed by atoms with Gasteiger partial charge in [0.25, 0.3) is 0 Å². The normalized spacial score (nSPS) is 12.3. The van der Waals surface area contributed by atoms with Crippen molar-refractivity contribution >= 4 is 0 Å². The van der Waals surface area contributed by atoms with E-state index >= 15 is 0 Å². The van der Waals surface area contributed by atoms with Gasteiger partial charge >= 0.3 is 0 Å². The van der Waals surface area contributed by atoms with E-state index in [4.69, 9.17) is 9.47 Å². The SMILES string of the molecule is C/C=C/Cc1c([C@@H](C)O)ccc(OC)c1OCc1ccccc1. The van der Waals surface area contributed by atoms with Crippen LogP contribution in [0.25, 0.3) is 0 Å². The Morgan fingerprint density at radius 2 is 1.87 bits per heavy atom. The number of aliphatic hydroxyl groups excluding tert-OH is 1. The second-order valence-corrected chi connectivity index (χ2v) is 5.39. The first-order chi connectivity index (χ1) is 11.2. The van der Waals surface area contributed by atoms with Crippen LogP contribution in [0.1, 0.15) is 36.6 Å². The van der Waals surface area contributed by atoms with Gasteiger partial charge in [-0.05, 0) is 37.5 Å². The van der Waals surface area contributed by atoms with Crippen LogP contribution in [0.3, 0.4) is 0 Å². The summed E-state index contributed by atoms with van der Waals surface area (Å²) >= 11 is 0. The van der Waals surface area contributed by atoms with Crippen molar-refractivity contribution in [1.82, 2.24) is 0 Å². The van der Waals surface area contributed by atoms with Crippen LogP contribution in [0.15, 0.2) is 54.6 Å². The lowest BCUT2D eigenvalue weighted by molar-refractivity contribution is 0.196. The van der Waals surface area contributed by atoms with E-state index in [1.807, 2.05) is 55.5 Å². The molecule has 0 saturated carbocycles. The molecular formula is C20H24O3. The smallest absolute Gasteiger partial charge is 0.165 e. The predicted molar refractivity (Wildman–Crippen MR) is 92.9 cm³/mol. The Bertz CT molecular complexity index is 645. The fourth-order valence-electron chi connectivity index (χ4n) is 2.51. The number of hydrogen-bond donors (Lipinski definition) is 1. The summed E-state index contributed by atoms with van der Waals surface area (Å²) in [6, 6.07) is 13.8. The van der Waals surface area contributed by atoms with Crippen LogP contribution < -0.4 is 9.47 Å². The maximum absolute atomic E-state index is 10.1. The first kappa shape index (κ1) is 17.1. The molecule has 2 aromatic rings. The van der Waals surface area contributed by atoms with Gasteiger partial charge in [-0.3, -0.25) is 0 Å². The van der Waals surface area contributed by atoms with Crippen molar-refractivity contribution in [3.05, 3.63) is 71.3 Å². The third kappa shape index (κ3) is 4.36. The minimum absolute atomic E-state index is 0.462. The second-order valence-electron chi connectivity index (χ2n) is 5.39. The summed E-state index contributed by atoms with van der Waals surface area (Å²) in [5, 5.41) is 10.1. The van der Waals surface area contributed by atoms with Gasteiger partial charge in [0, 0.05) is 5.56 Å². The molecule has 0 unspecified atom stereocenters. The Balaban J connectivity index is 2.38. The van der Waals surface area contributed by atoms with Gasteiger partial charge in [0.1, 0.15) is 6.61 Å². The molecule has 2 aromatic carbocycles. The highest BCUT2D eigenvalue weighted by atomic mass is 16.5. The molecule has 3 nitrogen and oxygen atoms in total. The maximum Gasteiger partial charge on any atom is 0.165 e. The Morgan fingerprint density at radius 3 is 2.48 bits per heavy atom. The van der Waals surface area contributed by atoms with Crippen LogP contribution in [0.2, 0.25) is 0 Å². The minimum Gasteiger partial charge on any atom is -0.493 e. The Morgan fingerprint density at radius 1 is 1.13 bits per heavy atom. The number of aliphatic hydroxyl groups is 1. The van der Waals surface area contributed by atoms with Crippen molar-refractivity contribution < 1.29 is 14.6 Å². The van der Waals surface area contributed by atoms with E-state index in [-0.39, 0.29) is 0 Å². The van der Waals surface area contributed by atoms with Crippen LogP contribution >= 0.6 is 0 Å². The molecule has 0 aliphatic heterocycles. The number of methoxy groups -OCH3 is 1. The Hall–Kier alpha value is -2.26. The zero-order valence-corrected chi connectivity index (χ0v) is 14.0. The van der Waals surface area contributed by atoms with E-state index in [0.29, 0.717) is 24.5 Å². The molecule has 0 aliphatic rings. The number of ether oxygens (including phenoxy) is 2. The van der Waals surface area contributed by atoms with Crippen LogP contribution in [0, 0.1) is 0 Å². The molecule has 0 spiro atoms. The molecule has 0 radical (unpaired) electrons. The largest absolute Gasteiger partial charge is 0.493 e. The van der Waals surface area contributed by atoms with E-state index in [1.165, 1.54) is 0 Å². The summed E-state index contributed by atoms with van der Waals surface area (Å²) < 4.78 is 11.5. The molecule has 2 rings (SSSR count). The number of rotatable bonds is 7. The first-order valence-corrected chi connectivity index (χ1v) is 7.83. The molecule has 0 fully saturated rings. The quantitative estimate of drug-likeness (QED) is 0.768. The van der Waals surface area contributed by atoms with Crippen molar-refractivity contribution in [2.75, 3.05) is 7.11 Å². The molecule has 1 atom stereocenters. The Kier molecular flexibility index (Phi) is 6.24. The molecular weight excluding hydrogens is 288 g/mol. The third-order valence-electron chi connectivity index (χ3n) is 3.71. The first-order valence-electron chi connectivity index (χ1n) is 7.83. The topological polar surface area (TPSA) is 38.7 Å². The molecule has 0 saturated heterocycles. The zero-order chi connectivity index (χ0) is 16.7. The molecule has 0 heterocycles. The fraction of sp³-hybridized carbons (Fsp3) is 0.300. The van der Waals surface area contributed by atoms with Gasteiger partial charge < -0.3 is 14.6 Å². The van der Waals surface area contributed by atoms with E-state index in [2.05, 4.69) is 6.08 Å². The van der Waals surface area contributed by atoms with Gasteiger partial charge in [-0.2, -0.15) is 0 Å². The molecule has 0 bridgehead atoms. The van der Waals surface area contributed by atoms with Crippen molar-refractivity contribution in [2.45, 2.75) is 33.0 Å². The molecule has 122 valence electrons. The van der Waals surface area contributed by atoms with E-state index in [9.17, 15) is 5.11 Å². The average Bonchev–Trinajstić information content (AvgIpc) is 2.58. The standard InChI is InChI=1S/C20H24O3/c1-4-5-11-18-17(15(2)21)12-13-19(22-3)20(18)23-14-16-9-7-6-8-10-16/h4-10,12-13,15,21H,11,14H2,1-3H3/b5-4+/t15-/m1/s1. The molecule has 0 aromatic heterocycles. The maximum atomic E-state index is 10.1. The van der Waals surface area contributed by atoms with Gasteiger partial charge in [0.05, 0.1) is 13.2 Å². The van der Waals surface area contributed by atoms with Crippen molar-refractivity contribution in [3.63, 3.8) is 0 Å². The van der Waals surface area contributed by atoms with Gasteiger partial charge in [-0.1, -0.05) is 48.6 Å². The lowest BCUT2D eigenvalue weighted by Gasteiger charge is -2.19. The highest BCUT2D eigenvalue weighted by molar-refractivity contribution is 5.52. The van der Waals surface area contributed by atoms with E-state index < -0.39 is 6.10 Å². The van der Waals surface area contributed by atoms with Crippen LogP contribution in [-0.4, -0.2) is 12.2 Å². The van der Waals surface area contributed by atoms with Crippen LogP contribution in [-0.2, 0) is 13.0 Å². The molecule has 1 N–H and O–H groups in total. The third-order valence-corrected chi connectivity index (χ3v) is 3.71. The highest BCUT2D eigenvalue weighted by Gasteiger charge is 2.17. The fourth-order valence-corrected chi connectivity index (χ4v) is 2.51. The summed E-state index contributed by atoms with van der Waals surface area (Å²) in [5.41, 5.74) is 2.93. The summed E-state index contributed by atoms with van der Waals surface area (Å²) in [6.45, 7) is 4.21. The molecule has 23 heavy (non-hydrogen) atoms. The molecule has 0 aliphatic carbocycles. The highest BCUT2D eigenvalue weighted by Crippen LogP contribution is 2.37. The second kappa shape index (κ2) is 8.39. The van der Waals surface area contributed by atoms with Gasteiger partial charge in [0.2, 0.25) is 0 Å². The van der Waals surface area contributed by atoms with Crippen molar-refractivity contribution in [1.29, 1.82) is 0 Å². The lowest BCUT2D eigenvalue weighted by Crippen LogP contribution is -2.05.